The Hall–Kier alpha value is -6.78. The van der Waals surface area contributed by atoms with Crippen LogP contribution in [0.4, 0.5) is 0 Å². The fourth-order valence-electron chi connectivity index (χ4n) is 7.84. The average Bonchev–Trinajstić information content (AvgIpc) is 3.55. The lowest BCUT2D eigenvalue weighted by Gasteiger charge is -2.22. The summed E-state index contributed by atoms with van der Waals surface area (Å²) in [4.78, 5) is 9.34. The molecule has 0 fully saturated rings. The third kappa shape index (κ3) is 4.84. The smallest absolute Gasteiger partial charge is 0.0868 e. The van der Waals surface area contributed by atoms with Crippen LogP contribution in [-0.4, -0.2) is 14.5 Å². The second kappa shape index (κ2) is 12.0. The molecule has 4 nitrogen and oxygen atoms in total. The molecule has 51 heavy (non-hydrogen) atoms. The fourth-order valence-corrected chi connectivity index (χ4v) is 7.84. The lowest BCUT2D eigenvalue weighted by Crippen LogP contribution is -2.17. The Morgan fingerprint density at radius 1 is 0.490 bits per heavy atom. The molecular formula is C47H32N4. The summed E-state index contributed by atoms with van der Waals surface area (Å²) in [6.07, 6.45) is 12.4. The highest BCUT2D eigenvalue weighted by atomic mass is 15.0. The van der Waals surface area contributed by atoms with Crippen LogP contribution < -0.4 is 5.32 Å². The van der Waals surface area contributed by atoms with Gasteiger partial charge in [-0.3, -0.25) is 9.97 Å². The van der Waals surface area contributed by atoms with Crippen molar-refractivity contribution in [1.82, 2.24) is 19.9 Å². The van der Waals surface area contributed by atoms with Gasteiger partial charge >= 0.3 is 0 Å². The summed E-state index contributed by atoms with van der Waals surface area (Å²) in [5, 5.41) is 11.1. The third-order valence-corrected chi connectivity index (χ3v) is 10.2. The van der Waals surface area contributed by atoms with Crippen LogP contribution in [0.3, 0.4) is 0 Å². The first kappa shape index (κ1) is 29.2. The maximum absolute atomic E-state index is 4.92. The van der Waals surface area contributed by atoms with Crippen LogP contribution in [0.2, 0.25) is 0 Å². The third-order valence-electron chi connectivity index (χ3n) is 10.2. The van der Waals surface area contributed by atoms with Gasteiger partial charge in [0.05, 0.1) is 29.0 Å². The predicted octanol–water partition coefficient (Wildman–Crippen LogP) is 11.5. The number of hydrogen-bond acceptors (Lipinski definition) is 3. The summed E-state index contributed by atoms with van der Waals surface area (Å²) >= 11 is 0. The fraction of sp³-hybridized carbons (Fsp3) is 0.0213. The quantitative estimate of drug-likeness (QED) is 0.188. The van der Waals surface area contributed by atoms with Gasteiger partial charge in [0.1, 0.15) is 0 Å². The SMILES string of the molecule is C1=CC(c2ccc(-c3ccc(-n4c5ccccc5c5ccncc54)cc3)cn2)NC=C1c1c2ccccc2c(-c2ccccc2)c2ccccc12. The molecule has 1 atom stereocenters. The molecule has 1 aliphatic rings. The van der Waals surface area contributed by atoms with Crippen LogP contribution in [0.25, 0.3) is 76.9 Å². The molecular weight excluding hydrogens is 621 g/mol. The maximum atomic E-state index is 4.92. The minimum Gasteiger partial charge on any atom is -0.379 e. The lowest BCUT2D eigenvalue weighted by atomic mass is 9.85. The monoisotopic (exact) mass is 652 g/mol. The Kier molecular flexibility index (Phi) is 6.85. The standard InChI is InChI=1S/C47H32N4/c1-2-10-32(11-3-1)46-38-13-4-6-15-40(38)47(41-16-7-5-14-39(41)46)34-21-25-43(50-29-34)42-24-20-33(28-49-42)31-18-22-35(23-19-31)51-44-17-9-8-12-36(44)37-26-27-48-30-45(37)51/h1-30,43,50H. The van der Waals surface area contributed by atoms with Gasteiger partial charge < -0.3 is 9.88 Å². The van der Waals surface area contributed by atoms with Crippen molar-refractivity contribution in [3.05, 3.63) is 194 Å². The molecule has 0 saturated carbocycles. The Bertz CT molecular complexity index is 2700. The number of benzene rings is 6. The van der Waals surface area contributed by atoms with Gasteiger partial charge in [0.2, 0.25) is 0 Å². The normalized spacial score (nSPS) is 14.3. The number of fused-ring (bicyclic) bond motifs is 5. The van der Waals surface area contributed by atoms with Gasteiger partial charge in [-0.15, -0.1) is 0 Å². The molecule has 0 amide bonds. The van der Waals surface area contributed by atoms with Crippen LogP contribution >= 0.6 is 0 Å². The first-order valence-corrected chi connectivity index (χ1v) is 17.4. The van der Waals surface area contributed by atoms with Gasteiger partial charge in [0.25, 0.3) is 0 Å². The summed E-state index contributed by atoms with van der Waals surface area (Å²) in [5.41, 5.74) is 11.5. The highest BCUT2D eigenvalue weighted by molar-refractivity contribution is 6.19. The molecule has 3 aromatic heterocycles. The maximum Gasteiger partial charge on any atom is 0.0868 e. The molecule has 0 saturated heterocycles. The first-order valence-electron chi connectivity index (χ1n) is 17.4. The zero-order valence-electron chi connectivity index (χ0n) is 27.7. The molecule has 4 heterocycles. The Morgan fingerprint density at radius 2 is 1.12 bits per heavy atom. The van der Waals surface area contributed by atoms with Crippen molar-refractivity contribution in [3.8, 4) is 27.9 Å². The molecule has 1 N–H and O–H groups in total. The van der Waals surface area contributed by atoms with Crippen molar-refractivity contribution in [2.24, 2.45) is 0 Å². The highest BCUT2D eigenvalue weighted by Gasteiger charge is 2.20. The highest BCUT2D eigenvalue weighted by Crippen LogP contribution is 2.42. The van der Waals surface area contributed by atoms with Gasteiger partial charge in [0.15, 0.2) is 0 Å². The van der Waals surface area contributed by atoms with Crippen molar-refractivity contribution < 1.29 is 0 Å². The van der Waals surface area contributed by atoms with E-state index in [1.807, 2.05) is 18.6 Å². The van der Waals surface area contributed by atoms with E-state index in [-0.39, 0.29) is 6.04 Å². The van der Waals surface area contributed by atoms with E-state index in [0.29, 0.717) is 0 Å². The van der Waals surface area contributed by atoms with Crippen molar-refractivity contribution in [3.63, 3.8) is 0 Å². The van der Waals surface area contributed by atoms with Crippen LogP contribution in [0, 0.1) is 0 Å². The van der Waals surface area contributed by atoms with E-state index < -0.39 is 0 Å². The predicted molar refractivity (Wildman–Crippen MR) is 212 cm³/mol. The number of para-hydroxylation sites is 1. The largest absolute Gasteiger partial charge is 0.379 e. The minimum absolute atomic E-state index is 0.0183. The summed E-state index contributed by atoms with van der Waals surface area (Å²) in [6, 6.07) is 51.9. The van der Waals surface area contributed by atoms with E-state index in [9.17, 15) is 0 Å². The van der Waals surface area contributed by atoms with Crippen LogP contribution in [0.5, 0.6) is 0 Å². The number of nitrogens with zero attached hydrogens (tertiary/aromatic N) is 3. The number of rotatable bonds is 5. The van der Waals surface area contributed by atoms with Gasteiger partial charge in [-0.2, -0.15) is 0 Å². The Balaban J connectivity index is 0.940. The Morgan fingerprint density at radius 3 is 1.78 bits per heavy atom. The zero-order valence-corrected chi connectivity index (χ0v) is 27.7. The minimum atomic E-state index is -0.0183. The zero-order chi connectivity index (χ0) is 33.7. The van der Waals surface area contributed by atoms with Gasteiger partial charge in [-0.25, -0.2) is 0 Å². The summed E-state index contributed by atoms with van der Waals surface area (Å²) < 4.78 is 2.29. The molecule has 1 aliphatic heterocycles. The van der Waals surface area contributed by atoms with E-state index in [0.717, 1.165) is 33.6 Å². The lowest BCUT2D eigenvalue weighted by molar-refractivity contribution is 0.724. The number of hydrogen-bond donors (Lipinski definition) is 1. The van der Waals surface area contributed by atoms with Crippen molar-refractivity contribution in [2.75, 3.05) is 0 Å². The van der Waals surface area contributed by atoms with Crippen LogP contribution in [0.15, 0.2) is 183 Å². The van der Waals surface area contributed by atoms with Gasteiger partial charge in [-0.05, 0) is 79.7 Å². The van der Waals surface area contributed by atoms with Crippen molar-refractivity contribution in [1.29, 1.82) is 0 Å². The number of aromatic nitrogens is 3. The second-order valence-electron chi connectivity index (χ2n) is 13.1. The molecule has 0 spiro atoms. The molecule has 240 valence electrons. The van der Waals surface area contributed by atoms with Gasteiger partial charge in [0, 0.05) is 40.6 Å². The van der Waals surface area contributed by atoms with E-state index in [2.05, 4.69) is 179 Å². The van der Waals surface area contributed by atoms with Crippen molar-refractivity contribution in [2.45, 2.75) is 6.04 Å². The molecule has 1 unspecified atom stereocenters. The van der Waals surface area contributed by atoms with Gasteiger partial charge in [-0.1, -0.05) is 127 Å². The average molecular weight is 653 g/mol. The van der Waals surface area contributed by atoms with E-state index >= 15 is 0 Å². The molecule has 0 aliphatic carbocycles. The first-order chi connectivity index (χ1) is 25.3. The van der Waals surface area contributed by atoms with Crippen LogP contribution in [0.1, 0.15) is 17.3 Å². The molecule has 9 aromatic rings. The topological polar surface area (TPSA) is 42.7 Å². The number of pyridine rings is 2. The van der Waals surface area contributed by atoms with E-state index in [1.54, 1.807) is 0 Å². The summed E-state index contributed by atoms with van der Waals surface area (Å²) in [5.74, 6) is 0. The Labute approximate surface area is 295 Å². The molecule has 0 radical (unpaired) electrons. The van der Waals surface area contributed by atoms with Crippen molar-refractivity contribution >= 4 is 48.9 Å². The second-order valence-corrected chi connectivity index (χ2v) is 13.1. The number of nitrogens with one attached hydrogen (secondary N) is 1. The molecule has 4 heteroatoms. The van der Waals surface area contributed by atoms with E-state index in [4.69, 9.17) is 4.98 Å². The van der Waals surface area contributed by atoms with E-state index in [1.165, 1.54) is 54.5 Å². The molecule has 0 bridgehead atoms. The molecule has 10 rings (SSSR count). The number of dihydropyridines is 1. The van der Waals surface area contributed by atoms with Crippen LogP contribution in [-0.2, 0) is 0 Å². The molecule has 6 aromatic carbocycles. The summed E-state index contributed by atoms with van der Waals surface area (Å²) in [6.45, 7) is 0. The summed E-state index contributed by atoms with van der Waals surface area (Å²) in [7, 11) is 0. The number of allylic oxidation sites excluding steroid dienone is 2.